The Labute approximate surface area is 115 Å². The van der Waals surface area contributed by atoms with Crippen LogP contribution in [0.15, 0.2) is 0 Å². The van der Waals surface area contributed by atoms with Crippen LogP contribution in [-0.2, 0) is 10.1 Å². The topological polar surface area (TPSA) is 54.4 Å². The molecular weight excluding hydrogens is 483 g/mol. The first-order valence-corrected chi connectivity index (χ1v) is 5.18. The van der Waals surface area contributed by atoms with Crippen LogP contribution >= 0.6 is 45.2 Å². The van der Waals surface area contributed by atoms with Crippen LogP contribution in [0.2, 0.25) is 0 Å². The molecule has 0 fully saturated rings. The second-order valence-corrected chi connectivity index (χ2v) is 8.84. The molecule has 0 bridgehead atoms. The third-order valence-corrected chi connectivity index (χ3v) is 4.53. The molecule has 0 aliphatic rings. The second kappa shape index (κ2) is 5.57. The molecule has 0 spiro atoms. The maximum atomic E-state index is 9.87. The molecular formula is CH2BaI2O3S+2. The average molecular weight is 485 g/mol. The van der Waals surface area contributed by atoms with Gasteiger partial charge in [0.2, 0.25) is 0 Å². The van der Waals surface area contributed by atoms with Crippen molar-refractivity contribution in [2.24, 2.45) is 0 Å². The van der Waals surface area contributed by atoms with Gasteiger partial charge in [0, 0.05) is 0 Å². The van der Waals surface area contributed by atoms with Crippen molar-refractivity contribution in [2.75, 3.05) is 0 Å². The van der Waals surface area contributed by atoms with Crippen molar-refractivity contribution in [2.45, 2.75) is 1.26 Å². The third kappa shape index (κ3) is 7.05. The number of halogens is 2. The molecule has 0 aromatic carbocycles. The molecule has 1 N–H and O–H groups in total. The van der Waals surface area contributed by atoms with Crippen LogP contribution in [0, 0.1) is 0 Å². The van der Waals surface area contributed by atoms with Gasteiger partial charge in [-0.3, -0.25) is 4.55 Å². The molecule has 0 saturated carbocycles. The smallest absolute Gasteiger partial charge is 0.284 e. The van der Waals surface area contributed by atoms with Gasteiger partial charge in [0.25, 0.3) is 10.1 Å². The van der Waals surface area contributed by atoms with Crippen molar-refractivity contribution in [3.8, 4) is 0 Å². The first-order valence-electron chi connectivity index (χ1n) is 1.19. The fourth-order valence-corrected chi connectivity index (χ4v) is 0. The van der Waals surface area contributed by atoms with Crippen molar-refractivity contribution in [1.82, 2.24) is 0 Å². The summed E-state index contributed by atoms with van der Waals surface area (Å²) < 4.78 is 27.1. The second-order valence-electron chi connectivity index (χ2n) is 0.776. The Morgan fingerprint density at radius 2 is 1.50 bits per heavy atom. The summed E-state index contributed by atoms with van der Waals surface area (Å²) >= 11 is 3.20. The van der Waals surface area contributed by atoms with Gasteiger partial charge in [-0.1, -0.05) is 45.2 Å². The molecule has 0 unspecified atom stereocenters. The minimum atomic E-state index is -3.77. The summed E-state index contributed by atoms with van der Waals surface area (Å²) in [6.45, 7) is 0. The van der Waals surface area contributed by atoms with E-state index in [1.165, 1.54) is 0 Å². The number of rotatable bonds is 1. The largest absolute Gasteiger partial charge is 2.00 e. The molecule has 0 aliphatic heterocycles. The minimum absolute atomic E-state index is 0. The zero-order chi connectivity index (χ0) is 6.08. The first-order chi connectivity index (χ1) is 2.94. The Bertz CT molecular complexity index is 139. The van der Waals surface area contributed by atoms with E-state index in [-0.39, 0.29) is 48.9 Å². The van der Waals surface area contributed by atoms with E-state index in [0.717, 1.165) is 0 Å². The standard InChI is InChI=1S/CH2I2O3S.Ba/c2-1(3)7(4,5)6;/h1H,(H,4,5,6);/q;+2. The molecule has 0 aromatic rings. The number of alkyl halides is 2. The van der Waals surface area contributed by atoms with Crippen molar-refractivity contribution in [3.05, 3.63) is 0 Å². The van der Waals surface area contributed by atoms with E-state index in [2.05, 4.69) is 0 Å². The van der Waals surface area contributed by atoms with Crippen LogP contribution in [0.4, 0.5) is 0 Å². The molecule has 0 aliphatic carbocycles. The van der Waals surface area contributed by atoms with E-state index >= 15 is 0 Å². The van der Waals surface area contributed by atoms with Crippen LogP contribution in [0.1, 0.15) is 0 Å². The van der Waals surface area contributed by atoms with E-state index in [9.17, 15) is 8.42 Å². The van der Waals surface area contributed by atoms with E-state index in [0.29, 0.717) is 0 Å². The van der Waals surface area contributed by atoms with Gasteiger partial charge in [0.05, 0.1) is 0 Å². The normalized spacial score (nSPS) is 11.0. The van der Waals surface area contributed by atoms with E-state index in [1.54, 1.807) is 45.2 Å². The van der Waals surface area contributed by atoms with Crippen molar-refractivity contribution in [1.29, 1.82) is 0 Å². The molecule has 8 heavy (non-hydrogen) atoms. The predicted octanol–water partition coefficient (Wildman–Crippen LogP) is 0.647. The van der Waals surface area contributed by atoms with E-state index in [1.807, 2.05) is 0 Å². The van der Waals surface area contributed by atoms with E-state index in [4.69, 9.17) is 4.55 Å². The molecule has 3 nitrogen and oxygen atoms in total. The van der Waals surface area contributed by atoms with Gasteiger partial charge in [-0.15, -0.1) is 0 Å². The minimum Gasteiger partial charge on any atom is -0.284 e. The average Bonchev–Trinajstić information content (AvgIpc) is 1.31. The Hall–Kier alpha value is 2.94. The zero-order valence-corrected chi connectivity index (χ0v) is 13.3. The quantitative estimate of drug-likeness (QED) is 0.257. The molecule has 0 radical (unpaired) electrons. The fourth-order valence-electron chi connectivity index (χ4n) is 0. The Balaban J connectivity index is 0. The molecule has 0 atom stereocenters. The molecule has 0 amide bonds. The Morgan fingerprint density at radius 3 is 1.50 bits per heavy atom. The third-order valence-electron chi connectivity index (χ3n) is 0.225. The van der Waals surface area contributed by atoms with E-state index < -0.39 is 11.4 Å². The molecule has 0 heterocycles. The first kappa shape index (κ1) is 13.5. The van der Waals surface area contributed by atoms with Crippen LogP contribution in [0.5, 0.6) is 0 Å². The summed E-state index contributed by atoms with van der Waals surface area (Å²) in [6.07, 6.45) is 0. The van der Waals surface area contributed by atoms with Gasteiger partial charge in [-0.05, 0) is 0 Å². The van der Waals surface area contributed by atoms with Gasteiger partial charge in [0.1, 0.15) is 0 Å². The van der Waals surface area contributed by atoms with Crippen molar-refractivity contribution in [3.63, 3.8) is 0 Å². The van der Waals surface area contributed by atoms with Gasteiger partial charge in [0.15, 0.2) is 1.26 Å². The van der Waals surface area contributed by atoms with Crippen LogP contribution < -0.4 is 0 Å². The van der Waals surface area contributed by atoms with Crippen molar-refractivity contribution >= 4 is 104 Å². The zero-order valence-electron chi connectivity index (χ0n) is 3.71. The van der Waals surface area contributed by atoms with Gasteiger partial charge in [-0.25, -0.2) is 0 Å². The summed E-state index contributed by atoms with van der Waals surface area (Å²) in [6, 6.07) is 0. The maximum absolute atomic E-state index is 9.87. The molecule has 0 rings (SSSR count). The van der Waals surface area contributed by atoms with Crippen LogP contribution in [0.25, 0.3) is 0 Å². The molecule has 44 valence electrons. The summed E-state index contributed by atoms with van der Waals surface area (Å²) in [5.41, 5.74) is 0. The molecule has 0 saturated heterocycles. The van der Waals surface area contributed by atoms with Gasteiger partial charge >= 0.3 is 48.9 Å². The van der Waals surface area contributed by atoms with Crippen LogP contribution in [0.3, 0.4) is 0 Å². The Kier molecular flexibility index (Phi) is 9.42. The fraction of sp³-hybridized carbons (Fsp3) is 1.00. The predicted molar refractivity (Wildman–Crippen MR) is 49.1 cm³/mol. The van der Waals surface area contributed by atoms with Gasteiger partial charge < -0.3 is 0 Å². The number of hydrogen-bond donors (Lipinski definition) is 1. The van der Waals surface area contributed by atoms with Crippen LogP contribution in [-0.4, -0.2) is 63.1 Å². The SMILES string of the molecule is O=S(=O)(O)C(I)I.[Ba+2]. The summed E-state index contributed by atoms with van der Waals surface area (Å²) in [4.78, 5) is 0. The molecule has 7 heteroatoms. The van der Waals surface area contributed by atoms with Crippen molar-refractivity contribution < 1.29 is 13.0 Å². The number of hydrogen-bond acceptors (Lipinski definition) is 2. The monoisotopic (exact) mass is 486 g/mol. The van der Waals surface area contributed by atoms with Gasteiger partial charge in [-0.2, -0.15) is 8.42 Å². The summed E-state index contributed by atoms with van der Waals surface area (Å²) in [7, 11) is -3.77. The summed E-state index contributed by atoms with van der Waals surface area (Å²) in [5.74, 6) is 0. The summed E-state index contributed by atoms with van der Waals surface area (Å²) in [5, 5.41) is 0. The Morgan fingerprint density at radius 1 is 1.38 bits per heavy atom. The molecule has 0 aromatic heterocycles. The maximum Gasteiger partial charge on any atom is 2.00 e.